The molecule has 0 radical (unpaired) electrons. The molecule has 0 bridgehead atoms. The molecule has 0 aliphatic carbocycles. The molecular formula is C67H116O6. The Morgan fingerprint density at radius 1 is 0.288 bits per heavy atom. The monoisotopic (exact) mass is 1020 g/mol. The molecule has 6 heteroatoms. The Kier molecular flexibility index (Phi) is 58.3. The van der Waals surface area contributed by atoms with Crippen molar-refractivity contribution < 1.29 is 28.6 Å². The first-order valence-corrected chi connectivity index (χ1v) is 31.1. The van der Waals surface area contributed by atoms with Crippen LogP contribution >= 0.6 is 0 Å². The predicted octanol–water partition coefficient (Wildman–Crippen LogP) is 21.1. The van der Waals surface area contributed by atoms with Crippen LogP contribution in [0.4, 0.5) is 0 Å². The van der Waals surface area contributed by atoms with E-state index in [1.165, 1.54) is 161 Å². The fraction of sp³-hybridized carbons (Fsp3) is 0.746. The predicted molar refractivity (Wildman–Crippen MR) is 316 cm³/mol. The first-order valence-electron chi connectivity index (χ1n) is 31.1. The van der Waals surface area contributed by atoms with E-state index >= 15 is 0 Å². The average Bonchev–Trinajstić information content (AvgIpc) is 3.39. The standard InChI is InChI=1S/C67H116O6/c1-4-7-10-13-16-19-22-25-28-31-33-36-39-42-45-48-51-54-57-60-66(69)72-63-64(62-71-65(68)59-56-53-50-47-44-41-38-35-30-27-24-21-18-15-12-9-6-3)73-67(70)61-58-55-52-49-46-43-40-37-34-32-29-26-23-20-17-14-11-8-5-2/h9,12,16,18-19,21,25-30,38,41,64H,4-8,10-11,13-15,17,20,22-24,31-37,39-40,42-63H2,1-3H3/b12-9-,19-16-,21-18-,28-25-,29-26-,30-27-,41-38-/t64-/m1/s1. The Morgan fingerprint density at radius 2 is 0.534 bits per heavy atom. The van der Waals surface area contributed by atoms with Crippen molar-refractivity contribution in [2.75, 3.05) is 13.2 Å². The quantitative estimate of drug-likeness (QED) is 0.0261. The van der Waals surface area contributed by atoms with Crippen LogP contribution in [0.25, 0.3) is 0 Å². The summed E-state index contributed by atoms with van der Waals surface area (Å²) >= 11 is 0. The van der Waals surface area contributed by atoms with Gasteiger partial charge in [0.1, 0.15) is 13.2 Å². The fourth-order valence-electron chi connectivity index (χ4n) is 8.69. The minimum atomic E-state index is -0.791. The van der Waals surface area contributed by atoms with Gasteiger partial charge in [0.25, 0.3) is 0 Å². The molecule has 0 aromatic carbocycles. The topological polar surface area (TPSA) is 78.9 Å². The van der Waals surface area contributed by atoms with E-state index in [1.54, 1.807) is 0 Å². The maximum absolute atomic E-state index is 12.9. The number of carbonyl (C=O) groups is 3. The van der Waals surface area contributed by atoms with Gasteiger partial charge < -0.3 is 14.2 Å². The summed E-state index contributed by atoms with van der Waals surface area (Å²) in [4.78, 5) is 38.3. The molecular weight excluding hydrogens is 901 g/mol. The molecule has 0 amide bonds. The van der Waals surface area contributed by atoms with Gasteiger partial charge in [-0.25, -0.2) is 0 Å². The largest absolute Gasteiger partial charge is 0.462 e. The molecule has 0 saturated heterocycles. The van der Waals surface area contributed by atoms with Gasteiger partial charge in [-0.15, -0.1) is 0 Å². The van der Waals surface area contributed by atoms with Gasteiger partial charge in [-0.2, -0.15) is 0 Å². The Labute approximate surface area is 452 Å². The number of carbonyl (C=O) groups excluding carboxylic acids is 3. The molecule has 0 heterocycles. The average molecular weight is 1020 g/mol. The summed E-state index contributed by atoms with van der Waals surface area (Å²) in [5.41, 5.74) is 0. The lowest BCUT2D eigenvalue weighted by atomic mass is 10.1. The molecule has 0 unspecified atom stereocenters. The third kappa shape index (κ3) is 59.3. The van der Waals surface area contributed by atoms with E-state index in [1.807, 2.05) is 0 Å². The number of hydrogen-bond acceptors (Lipinski definition) is 6. The number of allylic oxidation sites excluding steroid dienone is 14. The highest BCUT2D eigenvalue weighted by Gasteiger charge is 2.19. The van der Waals surface area contributed by atoms with Gasteiger partial charge in [0.05, 0.1) is 0 Å². The first-order chi connectivity index (χ1) is 36.0. The number of unbranched alkanes of at least 4 members (excludes halogenated alkanes) is 31. The second kappa shape index (κ2) is 61.1. The lowest BCUT2D eigenvalue weighted by Crippen LogP contribution is -2.30. The zero-order chi connectivity index (χ0) is 52.9. The third-order valence-corrected chi connectivity index (χ3v) is 13.4. The van der Waals surface area contributed by atoms with Crippen LogP contribution in [0.1, 0.15) is 303 Å². The second-order valence-corrected chi connectivity index (χ2v) is 20.6. The second-order valence-electron chi connectivity index (χ2n) is 20.6. The van der Waals surface area contributed by atoms with Crippen LogP contribution < -0.4 is 0 Å². The van der Waals surface area contributed by atoms with E-state index in [-0.39, 0.29) is 31.1 Å². The lowest BCUT2D eigenvalue weighted by Gasteiger charge is -2.18. The summed E-state index contributed by atoms with van der Waals surface area (Å²) in [6.07, 6.45) is 80.0. The van der Waals surface area contributed by atoms with E-state index in [4.69, 9.17) is 14.2 Å². The minimum Gasteiger partial charge on any atom is -0.462 e. The molecule has 0 rings (SSSR count). The molecule has 6 nitrogen and oxygen atoms in total. The number of ether oxygens (including phenoxy) is 3. The van der Waals surface area contributed by atoms with Crippen molar-refractivity contribution in [3.8, 4) is 0 Å². The zero-order valence-electron chi connectivity index (χ0n) is 48.1. The normalized spacial score (nSPS) is 12.6. The molecule has 0 aromatic heterocycles. The van der Waals surface area contributed by atoms with Crippen molar-refractivity contribution in [1.29, 1.82) is 0 Å². The Morgan fingerprint density at radius 3 is 0.877 bits per heavy atom. The van der Waals surface area contributed by atoms with Crippen LogP contribution in [0.3, 0.4) is 0 Å². The highest BCUT2D eigenvalue weighted by Crippen LogP contribution is 2.16. The summed E-state index contributed by atoms with van der Waals surface area (Å²) in [6.45, 7) is 6.50. The summed E-state index contributed by atoms with van der Waals surface area (Å²) in [6, 6.07) is 0. The van der Waals surface area contributed by atoms with Gasteiger partial charge in [0.2, 0.25) is 0 Å². The molecule has 1 atom stereocenters. The first kappa shape index (κ1) is 69.6. The van der Waals surface area contributed by atoms with E-state index in [9.17, 15) is 14.4 Å². The van der Waals surface area contributed by atoms with Crippen molar-refractivity contribution in [1.82, 2.24) is 0 Å². The van der Waals surface area contributed by atoms with Gasteiger partial charge in [0, 0.05) is 19.3 Å². The van der Waals surface area contributed by atoms with E-state index < -0.39 is 6.10 Å². The molecule has 0 fully saturated rings. The lowest BCUT2D eigenvalue weighted by molar-refractivity contribution is -0.167. The van der Waals surface area contributed by atoms with Gasteiger partial charge in [-0.1, -0.05) is 254 Å². The molecule has 0 N–H and O–H groups in total. The summed E-state index contributed by atoms with van der Waals surface area (Å²) in [5, 5.41) is 0. The Balaban J connectivity index is 4.42. The molecule has 0 aliphatic heterocycles. The minimum absolute atomic E-state index is 0.0867. The SMILES string of the molecule is CC/C=C\C/C=C\C/C=C\C/C=C\CCCCCCC(=O)OC[C@H](COC(=O)CCCCCCCCCCC/C=C\C/C=C\CCCCC)OC(=O)CCCCCCCCCCC/C=C\CCCCCCCC. The maximum atomic E-state index is 12.9. The molecule has 0 aromatic rings. The molecule has 0 aliphatic rings. The van der Waals surface area contributed by atoms with E-state index in [0.717, 1.165) is 103 Å². The molecule has 0 spiro atoms. The van der Waals surface area contributed by atoms with Gasteiger partial charge in [-0.3, -0.25) is 14.4 Å². The van der Waals surface area contributed by atoms with Crippen LogP contribution in [0, 0.1) is 0 Å². The van der Waals surface area contributed by atoms with Crippen molar-refractivity contribution in [2.45, 2.75) is 309 Å². The fourth-order valence-corrected chi connectivity index (χ4v) is 8.69. The summed E-state index contributed by atoms with van der Waals surface area (Å²) < 4.78 is 16.9. The highest BCUT2D eigenvalue weighted by molar-refractivity contribution is 5.71. The van der Waals surface area contributed by atoms with Crippen molar-refractivity contribution in [2.24, 2.45) is 0 Å². The molecule has 420 valence electrons. The molecule has 73 heavy (non-hydrogen) atoms. The smallest absolute Gasteiger partial charge is 0.306 e. The summed E-state index contributed by atoms with van der Waals surface area (Å²) in [7, 11) is 0. The van der Waals surface area contributed by atoms with Gasteiger partial charge >= 0.3 is 17.9 Å². The van der Waals surface area contributed by atoms with Crippen LogP contribution in [0.15, 0.2) is 85.1 Å². The van der Waals surface area contributed by atoms with Crippen LogP contribution in [0.2, 0.25) is 0 Å². The highest BCUT2D eigenvalue weighted by atomic mass is 16.6. The van der Waals surface area contributed by atoms with Crippen molar-refractivity contribution in [3.63, 3.8) is 0 Å². The van der Waals surface area contributed by atoms with E-state index in [0.29, 0.717) is 19.3 Å². The number of hydrogen-bond donors (Lipinski definition) is 0. The number of esters is 3. The van der Waals surface area contributed by atoms with E-state index in [2.05, 4.69) is 106 Å². The van der Waals surface area contributed by atoms with Gasteiger partial charge in [0.15, 0.2) is 6.10 Å². The van der Waals surface area contributed by atoms with Crippen molar-refractivity contribution in [3.05, 3.63) is 85.1 Å². The van der Waals surface area contributed by atoms with Crippen molar-refractivity contribution >= 4 is 17.9 Å². The van der Waals surface area contributed by atoms with Gasteiger partial charge in [-0.05, 0) is 116 Å². The molecule has 0 saturated carbocycles. The number of rotatable bonds is 56. The Bertz CT molecular complexity index is 1400. The third-order valence-electron chi connectivity index (χ3n) is 13.4. The van der Waals surface area contributed by atoms with Crippen LogP contribution in [-0.4, -0.2) is 37.2 Å². The maximum Gasteiger partial charge on any atom is 0.306 e. The summed E-state index contributed by atoms with van der Waals surface area (Å²) in [5.74, 6) is -0.906. The zero-order valence-corrected chi connectivity index (χ0v) is 48.1. The van der Waals surface area contributed by atoms with Crippen LogP contribution in [0.5, 0.6) is 0 Å². The van der Waals surface area contributed by atoms with Crippen LogP contribution in [-0.2, 0) is 28.6 Å². The Hall–Kier alpha value is -3.41.